The standard InChI is InChI=1S/C25H23ClN2O6/c1-15-8-9-19(20(26)10-15)24(29)28-27-14-16-6-5-7-18(11-16)34-25(30)17-12-21(31-2)23(33-4)22(13-17)32-3/h5-14H,1-4H3,(H,28,29). The maximum atomic E-state index is 12.7. The Labute approximate surface area is 202 Å². The fraction of sp³-hybridized carbons (Fsp3) is 0.160. The number of carbonyl (C=O) groups excluding carboxylic acids is 2. The van der Waals surface area contributed by atoms with Crippen LogP contribution in [0.5, 0.6) is 23.0 Å². The number of rotatable bonds is 8. The number of amides is 1. The first-order valence-corrected chi connectivity index (χ1v) is 10.5. The van der Waals surface area contributed by atoms with E-state index < -0.39 is 11.9 Å². The summed E-state index contributed by atoms with van der Waals surface area (Å²) in [6.07, 6.45) is 1.43. The molecule has 0 aliphatic rings. The van der Waals surface area contributed by atoms with Crippen molar-refractivity contribution in [2.24, 2.45) is 5.10 Å². The minimum atomic E-state index is -0.615. The highest BCUT2D eigenvalue weighted by atomic mass is 35.5. The Kier molecular flexibility index (Phi) is 8.10. The number of carbonyl (C=O) groups is 2. The van der Waals surface area contributed by atoms with Crippen LogP contribution in [0.1, 0.15) is 31.8 Å². The van der Waals surface area contributed by atoms with E-state index in [1.165, 1.54) is 39.7 Å². The molecule has 0 radical (unpaired) electrons. The van der Waals surface area contributed by atoms with Gasteiger partial charge in [0, 0.05) is 0 Å². The van der Waals surface area contributed by atoms with Crippen LogP contribution in [-0.4, -0.2) is 39.4 Å². The normalized spacial score (nSPS) is 10.6. The van der Waals surface area contributed by atoms with E-state index in [1.807, 2.05) is 6.92 Å². The molecular weight excluding hydrogens is 460 g/mol. The van der Waals surface area contributed by atoms with Gasteiger partial charge in [-0.3, -0.25) is 4.79 Å². The maximum Gasteiger partial charge on any atom is 0.343 e. The Morgan fingerprint density at radius 2 is 1.65 bits per heavy atom. The lowest BCUT2D eigenvalue weighted by Gasteiger charge is -2.13. The maximum absolute atomic E-state index is 12.7. The second-order valence-electron chi connectivity index (χ2n) is 7.06. The highest BCUT2D eigenvalue weighted by Gasteiger charge is 2.18. The van der Waals surface area contributed by atoms with Crippen molar-refractivity contribution in [2.75, 3.05) is 21.3 Å². The van der Waals surface area contributed by atoms with Gasteiger partial charge in [-0.15, -0.1) is 0 Å². The molecular formula is C25H23ClN2O6. The van der Waals surface area contributed by atoms with E-state index in [1.54, 1.807) is 42.5 Å². The molecule has 3 rings (SSSR count). The molecule has 0 saturated heterocycles. The first kappa shape index (κ1) is 24.6. The van der Waals surface area contributed by atoms with Crippen LogP contribution in [0, 0.1) is 6.92 Å². The lowest BCUT2D eigenvalue weighted by molar-refractivity contribution is 0.0733. The van der Waals surface area contributed by atoms with Gasteiger partial charge in [0.1, 0.15) is 5.75 Å². The predicted octanol–water partition coefficient (Wildman–Crippen LogP) is 4.66. The number of hydrazone groups is 1. The Balaban J connectivity index is 1.71. The third kappa shape index (κ3) is 5.85. The number of hydrogen-bond donors (Lipinski definition) is 1. The molecule has 0 unspecified atom stereocenters. The summed E-state index contributed by atoms with van der Waals surface area (Å²) in [6, 6.07) is 14.8. The van der Waals surface area contributed by atoms with Crippen LogP contribution in [-0.2, 0) is 0 Å². The summed E-state index contributed by atoms with van der Waals surface area (Å²) in [4.78, 5) is 25.0. The van der Waals surface area contributed by atoms with Gasteiger partial charge in [0.25, 0.3) is 5.91 Å². The molecule has 3 aromatic rings. The van der Waals surface area contributed by atoms with Crippen LogP contribution in [0.15, 0.2) is 59.7 Å². The molecule has 0 fully saturated rings. The van der Waals surface area contributed by atoms with Crippen molar-refractivity contribution < 1.29 is 28.5 Å². The summed E-state index contributed by atoms with van der Waals surface area (Å²) in [6.45, 7) is 1.88. The molecule has 0 aromatic heterocycles. The van der Waals surface area contributed by atoms with Gasteiger partial charge in [0.05, 0.1) is 43.7 Å². The molecule has 0 heterocycles. The number of nitrogens with zero attached hydrogens (tertiary/aromatic N) is 1. The van der Waals surface area contributed by atoms with E-state index in [0.29, 0.717) is 33.4 Å². The molecule has 1 N–H and O–H groups in total. The SMILES string of the molecule is COc1cc(C(=O)Oc2cccc(C=NNC(=O)c3ccc(C)cc3Cl)c2)cc(OC)c1OC. The third-order valence-electron chi connectivity index (χ3n) is 4.72. The minimum Gasteiger partial charge on any atom is -0.493 e. The summed E-state index contributed by atoms with van der Waals surface area (Å²) in [5, 5.41) is 4.29. The van der Waals surface area contributed by atoms with Crippen molar-refractivity contribution in [1.82, 2.24) is 5.43 Å². The number of esters is 1. The second kappa shape index (κ2) is 11.2. The Morgan fingerprint density at radius 1 is 0.941 bits per heavy atom. The van der Waals surface area contributed by atoms with Gasteiger partial charge >= 0.3 is 5.97 Å². The Morgan fingerprint density at radius 3 is 2.26 bits per heavy atom. The molecule has 1 amide bonds. The number of hydrogen-bond acceptors (Lipinski definition) is 7. The molecule has 0 saturated carbocycles. The molecule has 9 heteroatoms. The van der Waals surface area contributed by atoms with E-state index in [-0.39, 0.29) is 11.3 Å². The van der Waals surface area contributed by atoms with Crippen molar-refractivity contribution >= 4 is 29.7 Å². The monoisotopic (exact) mass is 482 g/mol. The van der Waals surface area contributed by atoms with Crippen LogP contribution < -0.4 is 24.4 Å². The molecule has 0 spiro atoms. The zero-order valence-corrected chi connectivity index (χ0v) is 19.8. The summed E-state index contributed by atoms with van der Waals surface area (Å²) < 4.78 is 21.3. The van der Waals surface area contributed by atoms with Crippen molar-refractivity contribution in [3.8, 4) is 23.0 Å². The molecule has 0 aliphatic carbocycles. The second-order valence-corrected chi connectivity index (χ2v) is 7.47. The van der Waals surface area contributed by atoms with Gasteiger partial charge in [0.2, 0.25) is 5.75 Å². The zero-order valence-electron chi connectivity index (χ0n) is 19.0. The van der Waals surface area contributed by atoms with E-state index in [2.05, 4.69) is 10.5 Å². The van der Waals surface area contributed by atoms with Gasteiger partial charge in [-0.05, 0) is 54.4 Å². The molecule has 34 heavy (non-hydrogen) atoms. The third-order valence-corrected chi connectivity index (χ3v) is 5.03. The van der Waals surface area contributed by atoms with Crippen molar-refractivity contribution in [2.45, 2.75) is 6.92 Å². The number of nitrogens with one attached hydrogen (secondary N) is 1. The number of ether oxygens (including phenoxy) is 4. The lowest BCUT2D eigenvalue weighted by Crippen LogP contribution is -2.18. The van der Waals surface area contributed by atoms with Crippen LogP contribution in [0.4, 0.5) is 0 Å². The predicted molar refractivity (Wildman–Crippen MR) is 129 cm³/mol. The van der Waals surface area contributed by atoms with Crippen LogP contribution in [0.25, 0.3) is 0 Å². The van der Waals surface area contributed by atoms with Crippen molar-refractivity contribution in [3.05, 3.63) is 81.9 Å². The van der Waals surface area contributed by atoms with E-state index in [9.17, 15) is 9.59 Å². The van der Waals surface area contributed by atoms with Crippen molar-refractivity contribution in [1.29, 1.82) is 0 Å². The van der Waals surface area contributed by atoms with E-state index >= 15 is 0 Å². The number of benzene rings is 3. The molecule has 0 atom stereocenters. The first-order valence-electron chi connectivity index (χ1n) is 10.1. The first-order chi connectivity index (χ1) is 16.4. The lowest BCUT2D eigenvalue weighted by atomic mass is 10.1. The highest BCUT2D eigenvalue weighted by Crippen LogP contribution is 2.38. The largest absolute Gasteiger partial charge is 0.493 e. The quantitative estimate of drug-likeness (QED) is 0.217. The fourth-order valence-electron chi connectivity index (χ4n) is 3.05. The van der Waals surface area contributed by atoms with Crippen LogP contribution >= 0.6 is 11.6 Å². The topological polar surface area (TPSA) is 95.5 Å². The van der Waals surface area contributed by atoms with E-state index in [0.717, 1.165) is 5.56 Å². The molecule has 176 valence electrons. The van der Waals surface area contributed by atoms with E-state index in [4.69, 9.17) is 30.5 Å². The summed E-state index contributed by atoms with van der Waals surface area (Å²) >= 11 is 6.11. The summed E-state index contributed by atoms with van der Waals surface area (Å²) in [7, 11) is 4.39. The average Bonchev–Trinajstić information content (AvgIpc) is 2.83. The Bertz CT molecular complexity index is 1220. The van der Waals surface area contributed by atoms with Gasteiger partial charge in [-0.1, -0.05) is 29.8 Å². The molecule has 0 bridgehead atoms. The van der Waals surface area contributed by atoms with Crippen molar-refractivity contribution in [3.63, 3.8) is 0 Å². The summed E-state index contributed by atoms with van der Waals surface area (Å²) in [5.41, 5.74) is 4.51. The average molecular weight is 483 g/mol. The minimum absolute atomic E-state index is 0.218. The highest BCUT2D eigenvalue weighted by molar-refractivity contribution is 6.33. The Hall–Kier alpha value is -4.04. The smallest absolute Gasteiger partial charge is 0.343 e. The number of methoxy groups -OCH3 is 3. The zero-order chi connectivity index (χ0) is 24.7. The molecule has 3 aromatic carbocycles. The van der Waals surface area contributed by atoms with Gasteiger partial charge in [-0.25, -0.2) is 10.2 Å². The fourth-order valence-corrected chi connectivity index (χ4v) is 3.37. The molecule has 0 aliphatic heterocycles. The van der Waals surface area contributed by atoms with Gasteiger partial charge in [-0.2, -0.15) is 5.10 Å². The molecule has 8 nitrogen and oxygen atoms in total. The van der Waals surface area contributed by atoms with Crippen LogP contribution in [0.3, 0.4) is 0 Å². The van der Waals surface area contributed by atoms with Gasteiger partial charge in [0.15, 0.2) is 11.5 Å². The number of halogens is 1. The van der Waals surface area contributed by atoms with Crippen LogP contribution in [0.2, 0.25) is 5.02 Å². The van der Waals surface area contributed by atoms with Gasteiger partial charge < -0.3 is 18.9 Å². The summed E-state index contributed by atoms with van der Waals surface area (Å²) in [5.74, 6) is 0.268. The number of aryl methyl sites for hydroxylation is 1.